The fourth-order valence-corrected chi connectivity index (χ4v) is 4.53. The van der Waals surface area contributed by atoms with E-state index in [1.807, 2.05) is 26.0 Å². The molecule has 0 spiro atoms. The summed E-state index contributed by atoms with van der Waals surface area (Å²) >= 11 is 1.30. The molecule has 2 heterocycles. The molecule has 3 rings (SSSR count). The van der Waals surface area contributed by atoms with E-state index in [-0.39, 0.29) is 5.56 Å². The number of benzene rings is 1. The Morgan fingerprint density at radius 1 is 1.17 bits per heavy atom. The fraction of sp³-hybridized carbons (Fsp3) is 0.318. The number of para-hydroxylation sites is 1. The lowest BCUT2D eigenvalue weighted by atomic mass is 10.1. The van der Waals surface area contributed by atoms with E-state index in [0.29, 0.717) is 21.8 Å². The molecule has 3 aromatic rings. The van der Waals surface area contributed by atoms with Crippen LogP contribution in [0.1, 0.15) is 39.3 Å². The van der Waals surface area contributed by atoms with E-state index in [9.17, 15) is 14.4 Å². The largest absolute Gasteiger partial charge is 0.495 e. The third-order valence-corrected chi connectivity index (χ3v) is 6.36. The highest BCUT2D eigenvalue weighted by Gasteiger charge is 2.26. The van der Waals surface area contributed by atoms with Gasteiger partial charge < -0.3 is 14.8 Å². The number of nitrogens with zero attached hydrogens (tertiary/aromatic N) is 1. The van der Waals surface area contributed by atoms with Crippen LogP contribution in [0.5, 0.6) is 5.75 Å². The lowest BCUT2D eigenvalue weighted by Crippen LogP contribution is -2.32. The van der Waals surface area contributed by atoms with Crippen LogP contribution in [0.15, 0.2) is 29.1 Å². The third-order valence-electron chi connectivity index (χ3n) is 5.24. The topological polar surface area (TPSA) is 86.6 Å². The highest BCUT2D eigenvalue weighted by molar-refractivity contribution is 7.16. The first-order chi connectivity index (χ1) is 14.2. The number of aromatic nitrogens is 1. The van der Waals surface area contributed by atoms with Crippen LogP contribution in [0.4, 0.5) is 5.00 Å². The zero-order valence-electron chi connectivity index (χ0n) is 17.8. The lowest BCUT2D eigenvalue weighted by Gasteiger charge is -2.20. The summed E-state index contributed by atoms with van der Waals surface area (Å²) in [7, 11) is 2.82. The lowest BCUT2D eigenvalue weighted by molar-refractivity contribution is -0.118. The van der Waals surface area contributed by atoms with Crippen LogP contribution in [0.2, 0.25) is 0 Å². The van der Waals surface area contributed by atoms with E-state index in [4.69, 9.17) is 9.47 Å². The van der Waals surface area contributed by atoms with Gasteiger partial charge in [0.15, 0.2) is 0 Å². The molecule has 0 aliphatic carbocycles. The van der Waals surface area contributed by atoms with Crippen molar-refractivity contribution < 1.29 is 19.1 Å². The number of nitrogens with one attached hydrogen (secondary N) is 1. The van der Waals surface area contributed by atoms with Crippen LogP contribution >= 0.6 is 11.3 Å². The van der Waals surface area contributed by atoms with E-state index in [2.05, 4.69) is 5.32 Å². The Kier molecular flexibility index (Phi) is 5.98. The number of aryl methyl sites for hydroxylation is 2. The molecule has 0 bridgehead atoms. The molecule has 0 aliphatic heterocycles. The van der Waals surface area contributed by atoms with E-state index < -0.39 is 17.9 Å². The molecule has 1 atom stereocenters. The van der Waals surface area contributed by atoms with Gasteiger partial charge in [-0.15, -0.1) is 11.3 Å². The van der Waals surface area contributed by atoms with Crippen LogP contribution in [0, 0.1) is 20.8 Å². The number of thiophene rings is 1. The van der Waals surface area contributed by atoms with Crippen LogP contribution < -0.4 is 15.6 Å². The van der Waals surface area contributed by atoms with Gasteiger partial charge in [0.05, 0.1) is 25.3 Å². The van der Waals surface area contributed by atoms with Gasteiger partial charge >= 0.3 is 5.97 Å². The standard InChI is InChI=1S/C22H24N2O5S/c1-11-10-17(25)24(19-15(11)8-7-9-16(19)28-5)13(3)20(26)23-21-18(22(27)29-6)12(2)14(4)30-21/h7-10,13H,1-6H3,(H,23,26). The van der Waals surface area contributed by atoms with Gasteiger partial charge in [0.25, 0.3) is 5.56 Å². The second-order valence-corrected chi connectivity index (χ2v) is 8.26. The smallest absolute Gasteiger partial charge is 0.341 e. The summed E-state index contributed by atoms with van der Waals surface area (Å²) in [6, 6.07) is 6.14. The molecular weight excluding hydrogens is 404 g/mol. The predicted octanol–water partition coefficient (Wildman–Crippen LogP) is 3.98. The Bertz CT molecular complexity index is 1210. The molecule has 0 saturated heterocycles. The van der Waals surface area contributed by atoms with E-state index in [0.717, 1.165) is 21.4 Å². The minimum atomic E-state index is -0.842. The number of hydrogen-bond acceptors (Lipinski definition) is 6. The van der Waals surface area contributed by atoms with Gasteiger partial charge in [0.1, 0.15) is 16.8 Å². The molecule has 158 valence electrons. The van der Waals surface area contributed by atoms with Gasteiger partial charge in [-0.25, -0.2) is 4.79 Å². The molecule has 2 aromatic heterocycles. The summed E-state index contributed by atoms with van der Waals surface area (Å²) in [4.78, 5) is 39.1. The third kappa shape index (κ3) is 3.59. The van der Waals surface area contributed by atoms with E-state index in [1.165, 1.54) is 36.2 Å². The molecule has 1 aromatic carbocycles. The number of amides is 1. The molecule has 1 amide bonds. The van der Waals surface area contributed by atoms with Crippen LogP contribution in [-0.2, 0) is 9.53 Å². The molecule has 1 unspecified atom stereocenters. The second-order valence-electron chi connectivity index (χ2n) is 7.04. The van der Waals surface area contributed by atoms with E-state index >= 15 is 0 Å². The fourth-order valence-electron chi connectivity index (χ4n) is 3.48. The molecule has 0 aliphatic rings. The first-order valence-corrected chi connectivity index (χ1v) is 10.2. The van der Waals surface area contributed by atoms with Crippen molar-refractivity contribution in [3.63, 3.8) is 0 Å². The van der Waals surface area contributed by atoms with Crippen LogP contribution in [0.25, 0.3) is 10.9 Å². The van der Waals surface area contributed by atoms with Gasteiger partial charge in [0, 0.05) is 16.3 Å². The van der Waals surface area contributed by atoms with E-state index in [1.54, 1.807) is 19.9 Å². The maximum absolute atomic E-state index is 13.1. The van der Waals surface area contributed by atoms with Crippen molar-refractivity contribution in [3.8, 4) is 5.75 Å². The van der Waals surface area contributed by atoms with Crippen molar-refractivity contribution in [3.05, 3.63) is 56.2 Å². The van der Waals surface area contributed by atoms with Crippen LogP contribution in [-0.4, -0.2) is 30.7 Å². The number of ether oxygens (including phenoxy) is 2. The molecule has 1 N–H and O–H groups in total. The average Bonchev–Trinajstić information content (AvgIpc) is 2.99. The maximum atomic E-state index is 13.1. The van der Waals surface area contributed by atoms with Gasteiger partial charge in [-0.2, -0.15) is 0 Å². The second kappa shape index (κ2) is 8.31. The summed E-state index contributed by atoms with van der Waals surface area (Å²) in [6.07, 6.45) is 0. The van der Waals surface area contributed by atoms with Gasteiger partial charge in [0.2, 0.25) is 5.91 Å². The summed E-state index contributed by atoms with van der Waals surface area (Å²) in [5.41, 5.74) is 2.14. The summed E-state index contributed by atoms with van der Waals surface area (Å²) in [6.45, 7) is 7.16. The number of carbonyl (C=O) groups is 2. The monoisotopic (exact) mass is 428 g/mol. The zero-order chi connectivity index (χ0) is 22.2. The number of fused-ring (bicyclic) bond motifs is 1. The Balaban J connectivity index is 2.09. The summed E-state index contributed by atoms with van der Waals surface area (Å²) in [5, 5.41) is 4.04. The minimum Gasteiger partial charge on any atom is -0.495 e. The van der Waals surface area contributed by atoms with Crippen molar-refractivity contribution in [2.45, 2.75) is 33.7 Å². The Morgan fingerprint density at radius 3 is 2.50 bits per heavy atom. The molecule has 0 radical (unpaired) electrons. The molecular formula is C22H24N2O5S. The Morgan fingerprint density at radius 2 is 1.87 bits per heavy atom. The van der Waals surface area contributed by atoms with Gasteiger partial charge in [-0.1, -0.05) is 12.1 Å². The molecule has 0 fully saturated rings. The Hall–Kier alpha value is -3.13. The predicted molar refractivity (Wildman–Crippen MR) is 118 cm³/mol. The van der Waals surface area contributed by atoms with Gasteiger partial charge in [-0.3, -0.25) is 14.2 Å². The number of hydrogen-bond donors (Lipinski definition) is 1. The van der Waals surface area contributed by atoms with Crippen molar-refractivity contribution in [1.29, 1.82) is 0 Å². The number of anilines is 1. The SMILES string of the molecule is COC(=O)c1c(NC(=O)C(C)n2c(=O)cc(C)c3cccc(OC)c32)sc(C)c1C. The number of carbonyl (C=O) groups excluding carboxylic acids is 2. The van der Waals surface area contributed by atoms with Crippen molar-refractivity contribution >= 4 is 39.1 Å². The number of rotatable bonds is 5. The number of esters is 1. The highest BCUT2D eigenvalue weighted by Crippen LogP contribution is 2.34. The molecule has 30 heavy (non-hydrogen) atoms. The maximum Gasteiger partial charge on any atom is 0.341 e. The highest BCUT2D eigenvalue weighted by atomic mass is 32.1. The zero-order valence-corrected chi connectivity index (χ0v) is 18.6. The Labute approximate surface area is 178 Å². The molecule has 0 saturated carbocycles. The minimum absolute atomic E-state index is 0.307. The first kappa shape index (κ1) is 21.6. The molecule has 8 heteroatoms. The quantitative estimate of drug-likeness (QED) is 0.621. The number of pyridine rings is 1. The normalized spacial score (nSPS) is 11.9. The van der Waals surface area contributed by atoms with Crippen molar-refractivity contribution in [2.75, 3.05) is 19.5 Å². The first-order valence-electron chi connectivity index (χ1n) is 9.39. The molecule has 7 nitrogen and oxygen atoms in total. The van der Waals surface area contributed by atoms with Crippen molar-refractivity contribution in [2.24, 2.45) is 0 Å². The number of methoxy groups -OCH3 is 2. The average molecular weight is 429 g/mol. The summed E-state index contributed by atoms with van der Waals surface area (Å²) in [5.74, 6) is -0.426. The van der Waals surface area contributed by atoms with Crippen LogP contribution in [0.3, 0.4) is 0 Å². The van der Waals surface area contributed by atoms with Gasteiger partial charge in [-0.05, 0) is 44.9 Å². The summed E-state index contributed by atoms with van der Waals surface area (Å²) < 4.78 is 11.7. The van der Waals surface area contributed by atoms with Crippen molar-refractivity contribution in [1.82, 2.24) is 4.57 Å².